The number of hydrogen-bond acceptors (Lipinski definition) is 4. The van der Waals surface area contributed by atoms with Crippen LogP contribution in [0.2, 0.25) is 18.1 Å². The number of hydrogen-bond donors (Lipinski definition) is 0. The minimum Gasteiger partial charge on any atom is -0.462 e. The van der Waals surface area contributed by atoms with Gasteiger partial charge in [-0.05, 0) is 60.7 Å². The van der Waals surface area contributed by atoms with E-state index in [0.29, 0.717) is 12.1 Å². The van der Waals surface area contributed by atoms with Crippen molar-refractivity contribution in [3.63, 3.8) is 0 Å². The fourth-order valence-electron chi connectivity index (χ4n) is 5.31. The Morgan fingerprint density at radius 1 is 1.13 bits per heavy atom. The number of benzene rings is 2. The molecule has 1 aromatic heterocycles. The number of pyridine rings is 1. The second-order valence-corrected chi connectivity index (χ2v) is 13.9. The van der Waals surface area contributed by atoms with Crippen LogP contribution in [0.5, 0.6) is 0 Å². The summed E-state index contributed by atoms with van der Waals surface area (Å²) in [5, 5.41) is 0.0764. The largest absolute Gasteiger partial charge is 0.462 e. The summed E-state index contributed by atoms with van der Waals surface area (Å²) >= 11 is 5.94. The molecule has 1 heterocycles. The Morgan fingerprint density at radius 2 is 1.79 bits per heavy atom. The number of nitrogens with zero attached hydrogens (tertiary/aromatic N) is 1. The number of ether oxygens (including phenoxy) is 1. The summed E-state index contributed by atoms with van der Waals surface area (Å²) < 4.78 is 43.7. The highest BCUT2D eigenvalue weighted by Crippen LogP contribution is 2.45. The maximum atomic E-state index is 15.7. The fourth-order valence-corrected chi connectivity index (χ4v) is 6.02. The standard InChI is InChI=1S/C30H37ClF2NO4Si/c1-9-37-28(36)22-16-34(30(18(2)3,29(4,5)6)17-38-39(7)8)25-15-24(32)20(14-21(25)27(22)35)13-19-11-10-12-23(31)26(19)33/h10-12,14-16,18H,9,13,17H2,1-8H3. The van der Waals surface area contributed by atoms with Gasteiger partial charge in [0.15, 0.2) is 0 Å². The number of carbonyl (C=O) groups is 1. The van der Waals surface area contributed by atoms with Gasteiger partial charge in [-0.25, -0.2) is 13.6 Å². The second kappa shape index (κ2) is 11.9. The van der Waals surface area contributed by atoms with E-state index in [9.17, 15) is 14.0 Å². The van der Waals surface area contributed by atoms with Gasteiger partial charge in [0.2, 0.25) is 14.5 Å². The van der Waals surface area contributed by atoms with Crippen LogP contribution in [0.15, 0.2) is 41.3 Å². The summed E-state index contributed by atoms with van der Waals surface area (Å²) in [6.45, 7) is 16.4. The minimum absolute atomic E-state index is 0.0390. The van der Waals surface area contributed by atoms with Crippen LogP contribution >= 0.6 is 11.6 Å². The molecule has 1 unspecified atom stereocenters. The molecule has 0 amide bonds. The molecule has 1 atom stereocenters. The van der Waals surface area contributed by atoms with E-state index in [1.807, 2.05) is 31.5 Å². The van der Waals surface area contributed by atoms with Gasteiger partial charge in [-0.2, -0.15) is 0 Å². The highest BCUT2D eigenvalue weighted by atomic mass is 35.5. The lowest BCUT2D eigenvalue weighted by molar-refractivity contribution is -0.00204. The molecule has 0 aliphatic heterocycles. The minimum atomic E-state index is -1.11. The van der Waals surface area contributed by atoms with Gasteiger partial charge in [0, 0.05) is 18.0 Å². The Morgan fingerprint density at radius 3 is 2.36 bits per heavy atom. The summed E-state index contributed by atoms with van der Waals surface area (Å²) in [7, 11) is -1.11. The predicted octanol–water partition coefficient (Wildman–Crippen LogP) is 7.37. The lowest BCUT2D eigenvalue weighted by atomic mass is 9.67. The topological polar surface area (TPSA) is 57.5 Å². The number of carbonyl (C=O) groups excluding carboxylic acids is 1. The molecule has 1 radical (unpaired) electrons. The zero-order valence-electron chi connectivity index (χ0n) is 23.9. The molecule has 5 nitrogen and oxygen atoms in total. The molecule has 0 N–H and O–H groups in total. The third-order valence-corrected chi connectivity index (χ3v) is 8.36. The van der Waals surface area contributed by atoms with E-state index in [4.69, 9.17) is 20.8 Å². The van der Waals surface area contributed by atoms with Crippen LogP contribution in [0.1, 0.15) is 63.0 Å². The Labute approximate surface area is 235 Å². The summed E-state index contributed by atoms with van der Waals surface area (Å²) in [5.74, 6) is -2.03. The zero-order valence-corrected chi connectivity index (χ0v) is 25.6. The van der Waals surface area contributed by atoms with Gasteiger partial charge in [-0.3, -0.25) is 4.79 Å². The van der Waals surface area contributed by atoms with Gasteiger partial charge in [-0.1, -0.05) is 58.4 Å². The monoisotopic (exact) mass is 576 g/mol. The summed E-state index contributed by atoms with van der Waals surface area (Å²) in [6.07, 6.45) is 1.37. The van der Waals surface area contributed by atoms with Crippen LogP contribution in [-0.2, 0) is 21.1 Å². The fraction of sp³-hybridized carbons (Fsp3) is 0.467. The molecule has 211 valence electrons. The molecule has 0 bridgehead atoms. The summed E-state index contributed by atoms with van der Waals surface area (Å²) in [6, 6.07) is 7.24. The van der Waals surface area contributed by atoms with Crippen molar-refractivity contribution in [2.24, 2.45) is 11.3 Å². The second-order valence-electron chi connectivity index (χ2n) is 11.3. The van der Waals surface area contributed by atoms with Gasteiger partial charge in [0.05, 0.1) is 29.3 Å². The quantitative estimate of drug-likeness (QED) is 0.197. The number of fused-ring (bicyclic) bond motifs is 1. The molecule has 0 fully saturated rings. The average molecular weight is 577 g/mol. The van der Waals surface area contributed by atoms with E-state index >= 15 is 4.39 Å². The average Bonchev–Trinajstić information content (AvgIpc) is 2.83. The van der Waals surface area contributed by atoms with Crippen LogP contribution in [0.25, 0.3) is 10.9 Å². The number of aromatic nitrogens is 1. The number of rotatable bonds is 9. The highest BCUT2D eigenvalue weighted by molar-refractivity contribution is 6.48. The highest BCUT2D eigenvalue weighted by Gasteiger charge is 2.47. The molecular formula is C30H37ClF2NO4Si. The van der Waals surface area contributed by atoms with Gasteiger partial charge >= 0.3 is 5.97 Å². The van der Waals surface area contributed by atoms with Crippen molar-refractivity contribution in [1.29, 1.82) is 0 Å². The van der Waals surface area contributed by atoms with E-state index < -0.39 is 43.0 Å². The summed E-state index contributed by atoms with van der Waals surface area (Å²) in [5.41, 5.74) is -1.29. The van der Waals surface area contributed by atoms with Crippen molar-refractivity contribution in [3.8, 4) is 0 Å². The third kappa shape index (κ3) is 5.98. The number of esters is 1. The van der Waals surface area contributed by atoms with E-state index in [2.05, 4.69) is 20.8 Å². The zero-order chi connectivity index (χ0) is 29.3. The lowest BCUT2D eigenvalue weighted by Crippen LogP contribution is -2.54. The molecule has 3 aromatic rings. The first kappa shape index (κ1) is 31.0. The van der Waals surface area contributed by atoms with Crippen molar-refractivity contribution in [2.45, 2.75) is 66.6 Å². The molecule has 3 rings (SSSR count). The van der Waals surface area contributed by atoms with Crippen LogP contribution in [-0.4, -0.2) is 32.8 Å². The van der Waals surface area contributed by atoms with Crippen molar-refractivity contribution >= 4 is 37.5 Å². The van der Waals surface area contributed by atoms with E-state index in [-0.39, 0.29) is 46.0 Å². The molecule has 39 heavy (non-hydrogen) atoms. The first-order valence-electron chi connectivity index (χ1n) is 13.1. The Bertz CT molecular complexity index is 1430. The van der Waals surface area contributed by atoms with Crippen molar-refractivity contribution in [2.75, 3.05) is 13.2 Å². The normalized spacial score (nSPS) is 13.8. The van der Waals surface area contributed by atoms with Crippen LogP contribution in [0.4, 0.5) is 8.78 Å². The lowest BCUT2D eigenvalue weighted by Gasteiger charge is -2.50. The van der Waals surface area contributed by atoms with Crippen LogP contribution in [0.3, 0.4) is 0 Å². The molecule has 0 saturated carbocycles. The Balaban J connectivity index is 2.44. The van der Waals surface area contributed by atoms with Crippen molar-refractivity contribution in [1.82, 2.24) is 4.57 Å². The molecular weight excluding hydrogens is 540 g/mol. The molecule has 0 spiro atoms. The van der Waals surface area contributed by atoms with E-state index in [1.165, 1.54) is 30.5 Å². The van der Waals surface area contributed by atoms with Gasteiger partial charge in [-0.15, -0.1) is 0 Å². The van der Waals surface area contributed by atoms with E-state index in [0.717, 1.165) is 0 Å². The SMILES string of the molecule is CCOC(=O)c1cn(C(CO[Si](C)C)(C(C)C)C(C)(C)C)c2cc(F)c(Cc3cccc(Cl)c3F)cc2c1=O. The van der Waals surface area contributed by atoms with Gasteiger partial charge < -0.3 is 13.7 Å². The molecule has 9 heteroatoms. The van der Waals surface area contributed by atoms with Crippen LogP contribution < -0.4 is 5.43 Å². The first-order chi connectivity index (χ1) is 18.1. The maximum Gasteiger partial charge on any atom is 0.343 e. The van der Waals surface area contributed by atoms with E-state index in [1.54, 1.807) is 13.0 Å². The van der Waals surface area contributed by atoms with Crippen molar-refractivity contribution in [3.05, 3.63) is 80.1 Å². The smallest absolute Gasteiger partial charge is 0.343 e. The molecule has 0 aliphatic rings. The molecule has 2 aromatic carbocycles. The van der Waals surface area contributed by atoms with Crippen molar-refractivity contribution < 1.29 is 22.7 Å². The maximum absolute atomic E-state index is 15.7. The predicted molar refractivity (Wildman–Crippen MR) is 154 cm³/mol. The number of halogens is 3. The summed E-state index contributed by atoms with van der Waals surface area (Å²) in [4.78, 5) is 26.7. The van der Waals surface area contributed by atoms with Gasteiger partial charge in [0.25, 0.3) is 0 Å². The van der Waals surface area contributed by atoms with Gasteiger partial charge in [0.1, 0.15) is 17.2 Å². The molecule has 0 saturated heterocycles. The Kier molecular flexibility index (Phi) is 9.45. The molecule has 0 aliphatic carbocycles. The third-order valence-electron chi connectivity index (χ3n) is 7.34. The van der Waals surface area contributed by atoms with Crippen LogP contribution in [0, 0.1) is 23.0 Å². The Hall–Kier alpha value is -2.55. The first-order valence-corrected chi connectivity index (χ1v) is 15.9.